The van der Waals surface area contributed by atoms with Crippen molar-refractivity contribution in [1.82, 2.24) is 0 Å². The molecule has 0 unspecified atom stereocenters. The second-order valence-corrected chi connectivity index (χ2v) is 12.8. The first-order valence-corrected chi connectivity index (χ1v) is 13.5. The molecule has 4 aliphatic carbocycles. The Kier molecular flexibility index (Phi) is 6.54. The Morgan fingerprint density at radius 2 is 1.77 bits per heavy atom. The van der Waals surface area contributed by atoms with Gasteiger partial charge in [-0.3, -0.25) is 4.79 Å². The van der Waals surface area contributed by atoms with Crippen molar-refractivity contribution in [2.75, 3.05) is 0 Å². The number of aliphatic hydroxyl groups excluding tert-OH is 1. The molecule has 0 bridgehead atoms. The average molecular weight is 429 g/mol. The standard InChI is InChI=1S/C29H48O2/c1-7-20(18(2)3)9-8-19(4)23-10-11-24-27-25(13-15-29(23,24)6)28(5)14-12-22(30)16-21(28)17-26(27)31/h17-20,22-25,27,30H,7-16H2,1-6H3/t19-,20-,22+,23+,24+,25-,27+,28-,29-/m1/s1. The monoisotopic (exact) mass is 428 g/mol. The summed E-state index contributed by atoms with van der Waals surface area (Å²) in [7, 11) is 0. The molecule has 2 heteroatoms. The summed E-state index contributed by atoms with van der Waals surface area (Å²) in [6, 6.07) is 0. The third-order valence-corrected chi connectivity index (χ3v) is 11.1. The van der Waals surface area contributed by atoms with Gasteiger partial charge in [0.2, 0.25) is 0 Å². The van der Waals surface area contributed by atoms with E-state index in [4.69, 9.17) is 0 Å². The molecule has 0 aromatic heterocycles. The Hall–Kier alpha value is -0.630. The minimum Gasteiger partial charge on any atom is -0.393 e. The van der Waals surface area contributed by atoms with Crippen LogP contribution in [0.5, 0.6) is 0 Å². The Bertz CT molecular complexity index is 708. The number of fused-ring (bicyclic) bond motifs is 5. The number of rotatable bonds is 6. The van der Waals surface area contributed by atoms with Crippen LogP contribution in [0.2, 0.25) is 0 Å². The van der Waals surface area contributed by atoms with Gasteiger partial charge >= 0.3 is 0 Å². The maximum atomic E-state index is 13.5. The first kappa shape index (κ1) is 23.5. The third kappa shape index (κ3) is 3.87. The maximum absolute atomic E-state index is 13.5. The molecule has 3 saturated carbocycles. The van der Waals surface area contributed by atoms with Crippen LogP contribution in [0.15, 0.2) is 11.6 Å². The normalized spacial score (nSPS) is 44.3. The molecular weight excluding hydrogens is 380 g/mol. The highest BCUT2D eigenvalue weighted by molar-refractivity contribution is 5.94. The fourth-order valence-corrected chi connectivity index (χ4v) is 9.04. The molecule has 0 aromatic carbocycles. The van der Waals surface area contributed by atoms with Gasteiger partial charge in [-0.15, -0.1) is 0 Å². The summed E-state index contributed by atoms with van der Waals surface area (Å²) in [5, 5.41) is 10.2. The van der Waals surface area contributed by atoms with Gasteiger partial charge in [-0.2, -0.15) is 0 Å². The highest BCUT2D eigenvalue weighted by Gasteiger charge is 2.61. The molecule has 2 nitrogen and oxygen atoms in total. The zero-order valence-corrected chi connectivity index (χ0v) is 21.1. The van der Waals surface area contributed by atoms with Gasteiger partial charge in [0.05, 0.1) is 6.10 Å². The van der Waals surface area contributed by atoms with Gasteiger partial charge < -0.3 is 5.11 Å². The van der Waals surface area contributed by atoms with Crippen molar-refractivity contribution in [2.45, 2.75) is 112 Å². The van der Waals surface area contributed by atoms with Crippen molar-refractivity contribution in [2.24, 2.45) is 52.3 Å². The Labute approximate surface area is 191 Å². The molecule has 0 heterocycles. The fraction of sp³-hybridized carbons (Fsp3) is 0.897. The summed E-state index contributed by atoms with van der Waals surface area (Å²) < 4.78 is 0. The van der Waals surface area contributed by atoms with E-state index in [2.05, 4.69) is 41.5 Å². The molecule has 0 spiro atoms. The van der Waals surface area contributed by atoms with Crippen LogP contribution in [0.25, 0.3) is 0 Å². The van der Waals surface area contributed by atoms with E-state index >= 15 is 0 Å². The molecule has 9 atom stereocenters. The minimum atomic E-state index is -0.243. The number of hydrogen-bond donors (Lipinski definition) is 1. The number of ketones is 1. The van der Waals surface area contributed by atoms with Gasteiger partial charge in [0, 0.05) is 5.92 Å². The molecule has 4 aliphatic rings. The van der Waals surface area contributed by atoms with E-state index in [1.54, 1.807) is 0 Å². The fourth-order valence-electron chi connectivity index (χ4n) is 9.04. The first-order valence-electron chi connectivity index (χ1n) is 13.5. The summed E-state index contributed by atoms with van der Waals surface area (Å²) in [6.45, 7) is 14.6. The third-order valence-electron chi connectivity index (χ3n) is 11.1. The van der Waals surface area contributed by atoms with Gasteiger partial charge in [0.25, 0.3) is 0 Å². The number of carbonyl (C=O) groups is 1. The van der Waals surface area contributed by atoms with Crippen molar-refractivity contribution in [3.63, 3.8) is 0 Å². The molecule has 0 aliphatic heterocycles. The lowest BCUT2D eigenvalue weighted by atomic mass is 9.46. The van der Waals surface area contributed by atoms with Crippen molar-refractivity contribution in [3.05, 3.63) is 11.6 Å². The summed E-state index contributed by atoms with van der Waals surface area (Å²) in [5.74, 6) is 4.90. The number of carbonyl (C=O) groups excluding carboxylic acids is 1. The van der Waals surface area contributed by atoms with Crippen LogP contribution in [-0.2, 0) is 4.79 Å². The Balaban J connectivity index is 1.52. The summed E-state index contributed by atoms with van der Waals surface area (Å²) in [5.41, 5.74) is 1.75. The van der Waals surface area contributed by atoms with E-state index in [1.165, 1.54) is 50.5 Å². The van der Waals surface area contributed by atoms with E-state index in [0.717, 1.165) is 42.9 Å². The van der Waals surface area contributed by atoms with Crippen LogP contribution >= 0.6 is 0 Å². The highest BCUT2D eigenvalue weighted by Crippen LogP contribution is 2.66. The van der Waals surface area contributed by atoms with Crippen molar-refractivity contribution >= 4 is 5.78 Å². The number of allylic oxidation sites excluding steroid dienone is 1. The highest BCUT2D eigenvalue weighted by atomic mass is 16.3. The molecule has 0 amide bonds. The van der Waals surface area contributed by atoms with Gasteiger partial charge in [-0.25, -0.2) is 0 Å². The van der Waals surface area contributed by atoms with E-state index in [0.29, 0.717) is 23.0 Å². The summed E-state index contributed by atoms with van der Waals surface area (Å²) in [6.07, 6.45) is 13.5. The smallest absolute Gasteiger partial charge is 0.159 e. The lowest BCUT2D eigenvalue weighted by molar-refractivity contribution is -0.135. The summed E-state index contributed by atoms with van der Waals surface area (Å²) in [4.78, 5) is 13.5. The molecule has 176 valence electrons. The SMILES string of the molecule is CC[C@H](CC[C@@H](C)[C@@H]1CC[C@H]2[C@@H]3C(=O)C=C4C[C@@H](O)CC[C@@]4(C)[C@@H]3CC[C@@]21C)C(C)C. The Morgan fingerprint density at radius 3 is 2.45 bits per heavy atom. The van der Waals surface area contributed by atoms with Crippen molar-refractivity contribution in [3.8, 4) is 0 Å². The zero-order valence-electron chi connectivity index (χ0n) is 21.1. The van der Waals surface area contributed by atoms with Crippen LogP contribution < -0.4 is 0 Å². The predicted octanol–water partition coefficient (Wildman–Crippen LogP) is 7.20. The second kappa shape index (κ2) is 8.62. The van der Waals surface area contributed by atoms with Crippen LogP contribution in [-0.4, -0.2) is 17.0 Å². The number of aliphatic hydroxyl groups is 1. The molecule has 0 saturated heterocycles. The molecular formula is C29H48O2. The van der Waals surface area contributed by atoms with E-state index in [-0.39, 0.29) is 17.4 Å². The van der Waals surface area contributed by atoms with Gasteiger partial charge in [0.1, 0.15) is 0 Å². The van der Waals surface area contributed by atoms with Crippen molar-refractivity contribution in [1.29, 1.82) is 0 Å². The lowest BCUT2D eigenvalue weighted by Gasteiger charge is -2.57. The van der Waals surface area contributed by atoms with Crippen LogP contribution in [0.4, 0.5) is 0 Å². The molecule has 1 N–H and O–H groups in total. The minimum absolute atomic E-state index is 0.147. The van der Waals surface area contributed by atoms with E-state index in [9.17, 15) is 9.90 Å². The van der Waals surface area contributed by atoms with Gasteiger partial charge in [0.15, 0.2) is 5.78 Å². The predicted molar refractivity (Wildman–Crippen MR) is 129 cm³/mol. The Morgan fingerprint density at radius 1 is 1.03 bits per heavy atom. The van der Waals surface area contributed by atoms with E-state index in [1.807, 2.05) is 6.08 Å². The molecule has 0 aromatic rings. The molecule has 0 radical (unpaired) electrons. The van der Waals surface area contributed by atoms with Crippen LogP contribution in [0, 0.1) is 52.3 Å². The maximum Gasteiger partial charge on any atom is 0.159 e. The van der Waals surface area contributed by atoms with E-state index < -0.39 is 0 Å². The van der Waals surface area contributed by atoms with Gasteiger partial charge in [-0.05, 0) is 104 Å². The molecule has 31 heavy (non-hydrogen) atoms. The first-order chi connectivity index (χ1) is 14.6. The van der Waals surface area contributed by atoms with Gasteiger partial charge in [-0.1, -0.05) is 60.0 Å². The quantitative estimate of drug-likeness (QED) is 0.485. The largest absolute Gasteiger partial charge is 0.393 e. The topological polar surface area (TPSA) is 37.3 Å². The van der Waals surface area contributed by atoms with Crippen LogP contribution in [0.3, 0.4) is 0 Å². The van der Waals surface area contributed by atoms with Crippen LogP contribution in [0.1, 0.15) is 106 Å². The second-order valence-electron chi connectivity index (χ2n) is 12.8. The number of hydrogen-bond acceptors (Lipinski definition) is 2. The summed E-state index contributed by atoms with van der Waals surface area (Å²) >= 11 is 0. The molecule has 4 rings (SSSR count). The molecule has 3 fully saturated rings. The zero-order chi connectivity index (χ0) is 22.6. The lowest BCUT2D eigenvalue weighted by Crippen LogP contribution is -2.53. The van der Waals surface area contributed by atoms with Crippen molar-refractivity contribution < 1.29 is 9.90 Å². The average Bonchev–Trinajstić information content (AvgIpc) is 3.06.